The Balaban J connectivity index is 2.10. The highest BCUT2D eigenvalue weighted by molar-refractivity contribution is 7.99. The second kappa shape index (κ2) is 8.19. The highest BCUT2D eigenvalue weighted by Crippen LogP contribution is 2.30. The van der Waals surface area contributed by atoms with E-state index in [4.69, 9.17) is 0 Å². The van der Waals surface area contributed by atoms with Crippen molar-refractivity contribution in [1.82, 2.24) is 14.7 Å². The lowest BCUT2D eigenvalue weighted by Crippen LogP contribution is -2.52. The summed E-state index contributed by atoms with van der Waals surface area (Å²) in [7, 11) is 3.38. The van der Waals surface area contributed by atoms with E-state index in [2.05, 4.69) is 0 Å². The van der Waals surface area contributed by atoms with Gasteiger partial charge in [-0.25, -0.2) is 4.79 Å². The molecule has 1 aliphatic rings. The van der Waals surface area contributed by atoms with Gasteiger partial charge in [0.25, 0.3) is 11.6 Å². The largest absolute Gasteiger partial charge is 0.335 e. The number of nitrogens with zero attached hydrogens (tertiary/aromatic N) is 4. The first-order valence-electron chi connectivity index (χ1n) is 8.02. The minimum atomic E-state index is -0.456. The van der Waals surface area contributed by atoms with Gasteiger partial charge in [0.05, 0.1) is 9.82 Å². The quantitative estimate of drug-likeness (QED) is 0.463. The summed E-state index contributed by atoms with van der Waals surface area (Å²) in [5, 5.41) is 11.2. The summed E-state index contributed by atoms with van der Waals surface area (Å²) in [5.41, 5.74) is 0.263. The molecule has 0 spiro atoms. The minimum Gasteiger partial charge on any atom is -0.335 e. The number of urea groups is 1. The van der Waals surface area contributed by atoms with Gasteiger partial charge in [0.15, 0.2) is 0 Å². The first kappa shape index (κ1) is 19.0. The molecule has 136 valence electrons. The van der Waals surface area contributed by atoms with Crippen LogP contribution >= 0.6 is 11.8 Å². The van der Waals surface area contributed by atoms with Crippen LogP contribution in [0.2, 0.25) is 0 Å². The maximum Gasteiger partial charge on any atom is 0.319 e. The van der Waals surface area contributed by atoms with Gasteiger partial charge in [-0.1, -0.05) is 6.92 Å². The maximum atomic E-state index is 12.6. The Bertz CT molecular complexity index is 672. The second-order valence-corrected chi connectivity index (χ2v) is 7.13. The molecule has 1 aromatic carbocycles. The molecule has 1 saturated heterocycles. The smallest absolute Gasteiger partial charge is 0.319 e. The average Bonchev–Trinajstić information content (AvgIpc) is 2.61. The fourth-order valence-electron chi connectivity index (χ4n) is 2.64. The van der Waals surface area contributed by atoms with E-state index >= 15 is 0 Å². The molecule has 0 saturated carbocycles. The molecular weight excluding hydrogens is 344 g/mol. The summed E-state index contributed by atoms with van der Waals surface area (Å²) in [4.78, 5) is 40.7. The number of benzene rings is 1. The Labute approximate surface area is 150 Å². The van der Waals surface area contributed by atoms with E-state index < -0.39 is 4.92 Å². The fraction of sp³-hybridized carbons (Fsp3) is 0.500. The van der Waals surface area contributed by atoms with Crippen LogP contribution in [0.25, 0.3) is 0 Å². The van der Waals surface area contributed by atoms with Gasteiger partial charge in [-0.15, -0.1) is 11.8 Å². The van der Waals surface area contributed by atoms with Gasteiger partial charge in [0, 0.05) is 51.9 Å². The van der Waals surface area contributed by atoms with Gasteiger partial charge in [0.2, 0.25) is 0 Å². The Kier molecular flexibility index (Phi) is 6.24. The van der Waals surface area contributed by atoms with Crippen LogP contribution in [-0.2, 0) is 0 Å². The van der Waals surface area contributed by atoms with Crippen LogP contribution in [0.1, 0.15) is 17.3 Å². The van der Waals surface area contributed by atoms with Crippen molar-refractivity contribution in [3.63, 3.8) is 0 Å². The zero-order valence-corrected chi connectivity index (χ0v) is 15.4. The third-order valence-electron chi connectivity index (χ3n) is 3.92. The third-order valence-corrected chi connectivity index (χ3v) is 4.87. The van der Waals surface area contributed by atoms with Gasteiger partial charge in [-0.2, -0.15) is 0 Å². The standard InChI is InChI=1S/C16H22N4O4S/c1-4-25-14-6-5-12(11-13(14)20(23)24)15(21)18-7-9-19(10-8-18)16(22)17(2)3/h5-6,11H,4,7-10H2,1-3H3. The summed E-state index contributed by atoms with van der Waals surface area (Å²) in [5.74, 6) is 0.476. The van der Waals surface area contributed by atoms with Gasteiger partial charge in [0.1, 0.15) is 0 Å². The van der Waals surface area contributed by atoms with Crippen LogP contribution in [0.3, 0.4) is 0 Å². The van der Waals surface area contributed by atoms with Gasteiger partial charge in [-0.05, 0) is 17.9 Å². The predicted molar refractivity (Wildman–Crippen MR) is 96.1 cm³/mol. The first-order valence-corrected chi connectivity index (χ1v) is 9.00. The summed E-state index contributed by atoms with van der Waals surface area (Å²) in [6.45, 7) is 3.65. The molecule has 0 bridgehead atoms. The van der Waals surface area contributed by atoms with Gasteiger partial charge in [-0.3, -0.25) is 14.9 Å². The summed E-state index contributed by atoms with van der Waals surface area (Å²) < 4.78 is 0. The zero-order chi connectivity index (χ0) is 18.6. The number of rotatable bonds is 4. The fourth-order valence-corrected chi connectivity index (χ4v) is 3.39. The van der Waals surface area contributed by atoms with Gasteiger partial charge < -0.3 is 14.7 Å². The van der Waals surface area contributed by atoms with E-state index in [1.807, 2.05) is 6.92 Å². The molecule has 1 fully saturated rings. The maximum absolute atomic E-state index is 12.6. The lowest BCUT2D eigenvalue weighted by molar-refractivity contribution is -0.387. The molecule has 9 heteroatoms. The van der Waals surface area contributed by atoms with E-state index in [9.17, 15) is 19.7 Å². The van der Waals surface area contributed by atoms with Crippen LogP contribution < -0.4 is 0 Å². The van der Waals surface area contributed by atoms with E-state index in [0.29, 0.717) is 36.6 Å². The Morgan fingerprint density at radius 1 is 1.20 bits per heavy atom. The number of hydrogen-bond acceptors (Lipinski definition) is 5. The molecule has 1 aliphatic heterocycles. The first-order chi connectivity index (χ1) is 11.8. The van der Waals surface area contributed by atoms with Crippen molar-refractivity contribution in [2.45, 2.75) is 11.8 Å². The molecular formula is C16H22N4O4S. The van der Waals surface area contributed by atoms with Crippen molar-refractivity contribution >= 4 is 29.4 Å². The number of nitro benzene ring substituents is 1. The number of piperazine rings is 1. The molecule has 1 heterocycles. The van der Waals surface area contributed by atoms with E-state index in [0.717, 1.165) is 5.75 Å². The van der Waals surface area contributed by atoms with Crippen LogP contribution in [0, 0.1) is 10.1 Å². The van der Waals surface area contributed by atoms with E-state index in [1.54, 1.807) is 36.0 Å². The van der Waals surface area contributed by atoms with Crippen LogP contribution in [0.15, 0.2) is 23.1 Å². The van der Waals surface area contributed by atoms with Crippen LogP contribution in [0.4, 0.5) is 10.5 Å². The molecule has 2 rings (SSSR count). The second-order valence-electron chi connectivity index (χ2n) is 5.83. The molecule has 0 atom stereocenters. The SMILES string of the molecule is CCSc1ccc(C(=O)N2CCN(C(=O)N(C)C)CC2)cc1[N+](=O)[O-]. The van der Waals surface area contributed by atoms with Crippen molar-refractivity contribution in [2.24, 2.45) is 0 Å². The summed E-state index contributed by atoms with van der Waals surface area (Å²) >= 11 is 1.38. The van der Waals surface area contributed by atoms with Crippen molar-refractivity contribution in [2.75, 3.05) is 46.0 Å². The number of thioether (sulfide) groups is 1. The molecule has 0 unspecified atom stereocenters. The number of nitro groups is 1. The van der Waals surface area contributed by atoms with E-state index in [-0.39, 0.29) is 17.6 Å². The highest BCUT2D eigenvalue weighted by Gasteiger charge is 2.27. The number of hydrogen-bond donors (Lipinski definition) is 0. The lowest BCUT2D eigenvalue weighted by atomic mass is 10.1. The minimum absolute atomic E-state index is 0.0425. The average molecular weight is 366 g/mol. The van der Waals surface area contributed by atoms with Gasteiger partial charge >= 0.3 is 6.03 Å². The summed E-state index contributed by atoms with van der Waals surface area (Å²) in [6.07, 6.45) is 0. The number of amides is 3. The molecule has 0 aliphatic carbocycles. The normalized spacial score (nSPS) is 14.4. The number of carbonyl (C=O) groups excluding carboxylic acids is 2. The van der Waals surface area contributed by atoms with Crippen molar-refractivity contribution in [3.05, 3.63) is 33.9 Å². The summed E-state index contributed by atoms with van der Waals surface area (Å²) in [6, 6.07) is 4.52. The van der Waals surface area contributed by atoms with Crippen molar-refractivity contribution in [3.8, 4) is 0 Å². The lowest BCUT2D eigenvalue weighted by Gasteiger charge is -2.36. The van der Waals surface area contributed by atoms with Crippen LogP contribution in [0.5, 0.6) is 0 Å². The zero-order valence-electron chi connectivity index (χ0n) is 14.6. The van der Waals surface area contributed by atoms with Crippen molar-refractivity contribution in [1.29, 1.82) is 0 Å². The Morgan fingerprint density at radius 2 is 1.80 bits per heavy atom. The Hall–Kier alpha value is -2.29. The topological polar surface area (TPSA) is 87.0 Å². The number of carbonyl (C=O) groups is 2. The Morgan fingerprint density at radius 3 is 2.32 bits per heavy atom. The molecule has 0 N–H and O–H groups in total. The predicted octanol–water partition coefficient (Wildman–Crippen LogP) is 2.15. The molecule has 3 amide bonds. The van der Waals surface area contributed by atoms with Crippen LogP contribution in [-0.4, -0.2) is 77.6 Å². The van der Waals surface area contributed by atoms with Crippen molar-refractivity contribution < 1.29 is 14.5 Å². The molecule has 8 nitrogen and oxygen atoms in total. The van der Waals surface area contributed by atoms with E-state index in [1.165, 1.54) is 22.7 Å². The molecule has 1 aromatic rings. The molecule has 25 heavy (non-hydrogen) atoms. The third kappa shape index (κ3) is 4.41. The molecule has 0 aromatic heterocycles. The molecule has 0 radical (unpaired) electrons. The highest BCUT2D eigenvalue weighted by atomic mass is 32.2. The monoisotopic (exact) mass is 366 g/mol.